The number of anilines is 1. The molecule has 0 bridgehead atoms. The Morgan fingerprint density at radius 3 is 2.63 bits per heavy atom. The summed E-state index contributed by atoms with van der Waals surface area (Å²) < 4.78 is 0. The van der Waals surface area contributed by atoms with E-state index in [1.165, 1.54) is 0 Å². The summed E-state index contributed by atoms with van der Waals surface area (Å²) in [6, 6.07) is 3.72. The van der Waals surface area contributed by atoms with E-state index < -0.39 is 0 Å². The van der Waals surface area contributed by atoms with Gasteiger partial charge in [-0.1, -0.05) is 11.6 Å². The van der Waals surface area contributed by atoms with Crippen molar-refractivity contribution in [2.24, 2.45) is 0 Å². The first-order valence-corrected chi connectivity index (χ1v) is 7.42. The molecule has 19 heavy (non-hydrogen) atoms. The smallest absolute Gasteiger partial charge is 0.185 e. The number of halogens is 1. The lowest BCUT2D eigenvalue weighted by atomic mass is 10.3. The zero-order valence-corrected chi connectivity index (χ0v) is 11.9. The van der Waals surface area contributed by atoms with Gasteiger partial charge in [-0.05, 0) is 12.1 Å². The van der Waals surface area contributed by atoms with Crippen molar-refractivity contribution in [3.8, 4) is 0 Å². The number of piperazine rings is 1. The third kappa shape index (κ3) is 3.20. The Labute approximate surface area is 120 Å². The van der Waals surface area contributed by atoms with Gasteiger partial charge in [0.2, 0.25) is 0 Å². The predicted molar refractivity (Wildman–Crippen MR) is 76.6 cm³/mol. The summed E-state index contributed by atoms with van der Waals surface area (Å²) in [7, 11) is 0. The van der Waals surface area contributed by atoms with E-state index in [1.807, 2.05) is 17.6 Å². The molecular formula is C12H14ClN5S. The van der Waals surface area contributed by atoms with E-state index in [4.69, 9.17) is 11.6 Å². The van der Waals surface area contributed by atoms with Crippen molar-refractivity contribution in [3.63, 3.8) is 0 Å². The maximum Gasteiger partial charge on any atom is 0.185 e. The van der Waals surface area contributed by atoms with Crippen molar-refractivity contribution in [1.82, 2.24) is 20.1 Å². The van der Waals surface area contributed by atoms with Gasteiger partial charge in [0.15, 0.2) is 10.3 Å². The maximum atomic E-state index is 5.73. The first-order chi connectivity index (χ1) is 9.31. The van der Waals surface area contributed by atoms with Crippen LogP contribution < -0.4 is 4.90 Å². The molecule has 2 aromatic rings. The van der Waals surface area contributed by atoms with E-state index in [-0.39, 0.29) is 0 Å². The van der Waals surface area contributed by atoms with Crippen LogP contribution in [0.4, 0.5) is 5.13 Å². The third-order valence-electron chi connectivity index (χ3n) is 3.13. The van der Waals surface area contributed by atoms with Crippen LogP contribution in [0.3, 0.4) is 0 Å². The van der Waals surface area contributed by atoms with Gasteiger partial charge in [0.1, 0.15) is 0 Å². The summed E-state index contributed by atoms with van der Waals surface area (Å²) >= 11 is 7.43. The molecule has 0 saturated carbocycles. The van der Waals surface area contributed by atoms with E-state index in [1.54, 1.807) is 17.4 Å². The SMILES string of the molecule is Clc1ccc(CN2CCN(c3nccs3)CC2)nn1. The molecule has 1 saturated heterocycles. The maximum absolute atomic E-state index is 5.73. The molecule has 1 aliphatic heterocycles. The summed E-state index contributed by atoms with van der Waals surface area (Å²) in [5, 5.41) is 11.5. The molecular weight excluding hydrogens is 282 g/mol. The number of aromatic nitrogens is 3. The van der Waals surface area contributed by atoms with Gasteiger partial charge < -0.3 is 4.90 Å². The first-order valence-electron chi connectivity index (χ1n) is 6.16. The molecule has 7 heteroatoms. The van der Waals surface area contributed by atoms with Crippen LogP contribution in [-0.4, -0.2) is 46.3 Å². The lowest BCUT2D eigenvalue weighted by Crippen LogP contribution is -2.46. The van der Waals surface area contributed by atoms with Crippen LogP contribution in [0.5, 0.6) is 0 Å². The molecule has 0 N–H and O–H groups in total. The van der Waals surface area contributed by atoms with E-state index in [2.05, 4.69) is 25.0 Å². The Balaban J connectivity index is 1.54. The van der Waals surface area contributed by atoms with Crippen LogP contribution in [0, 0.1) is 0 Å². The zero-order chi connectivity index (χ0) is 13.1. The number of hydrogen-bond acceptors (Lipinski definition) is 6. The third-order valence-corrected chi connectivity index (χ3v) is 4.17. The second-order valence-corrected chi connectivity index (χ2v) is 5.69. The summed E-state index contributed by atoms with van der Waals surface area (Å²) in [5.74, 6) is 0. The lowest BCUT2D eigenvalue weighted by Gasteiger charge is -2.34. The van der Waals surface area contributed by atoms with Gasteiger partial charge in [-0.15, -0.1) is 16.4 Å². The van der Waals surface area contributed by atoms with E-state index in [9.17, 15) is 0 Å². The van der Waals surface area contributed by atoms with Crippen LogP contribution in [0.2, 0.25) is 5.15 Å². The monoisotopic (exact) mass is 295 g/mol. The van der Waals surface area contributed by atoms with Gasteiger partial charge in [-0.25, -0.2) is 4.98 Å². The molecule has 2 aromatic heterocycles. The number of hydrogen-bond donors (Lipinski definition) is 0. The second kappa shape index (κ2) is 5.81. The zero-order valence-electron chi connectivity index (χ0n) is 10.4. The van der Waals surface area contributed by atoms with Gasteiger partial charge in [0.25, 0.3) is 0 Å². The molecule has 1 aliphatic rings. The highest BCUT2D eigenvalue weighted by Crippen LogP contribution is 2.19. The summed E-state index contributed by atoms with van der Waals surface area (Å²) in [6.07, 6.45) is 1.86. The van der Waals surface area contributed by atoms with Crippen molar-refractivity contribution < 1.29 is 0 Å². The largest absolute Gasteiger partial charge is 0.346 e. The Bertz CT molecular complexity index is 507. The average molecular weight is 296 g/mol. The lowest BCUT2D eigenvalue weighted by molar-refractivity contribution is 0.246. The quantitative estimate of drug-likeness (QED) is 0.865. The van der Waals surface area contributed by atoms with Crippen molar-refractivity contribution in [3.05, 3.63) is 34.6 Å². The highest BCUT2D eigenvalue weighted by molar-refractivity contribution is 7.13. The van der Waals surface area contributed by atoms with Gasteiger partial charge in [-0.2, -0.15) is 5.10 Å². The fraction of sp³-hybridized carbons (Fsp3) is 0.417. The fourth-order valence-electron chi connectivity index (χ4n) is 2.13. The second-order valence-electron chi connectivity index (χ2n) is 4.43. The molecule has 3 rings (SSSR count). The highest BCUT2D eigenvalue weighted by atomic mass is 35.5. The van der Waals surface area contributed by atoms with Crippen LogP contribution in [0.25, 0.3) is 0 Å². The summed E-state index contributed by atoms with van der Waals surface area (Å²) in [4.78, 5) is 9.05. The minimum absolute atomic E-state index is 0.442. The standard InChI is InChI=1S/C12H14ClN5S/c13-11-2-1-10(15-16-11)9-17-4-6-18(7-5-17)12-14-3-8-19-12/h1-3,8H,4-7,9H2. The number of rotatable bonds is 3. The molecule has 3 heterocycles. The summed E-state index contributed by atoms with van der Waals surface area (Å²) in [6.45, 7) is 4.88. The fourth-order valence-corrected chi connectivity index (χ4v) is 2.92. The molecule has 5 nitrogen and oxygen atoms in total. The van der Waals surface area contributed by atoms with Gasteiger partial charge in [-0.3, -0.25) is 4.90 Å². The molecule has 0 spiro atoms. The van der Waals surface area contributed by atoms with Crippen LogP contribution in [-0.2, 0) is 6.54 Å². The topological polar surface area (TPSA) is 45.2 Å². The van der Waals surface area contributed by atoms with Gasteiger partial charge >= 0.3 is 0 Å². The van der Waals surface area contributed by atoms with Crippen molar-refractivity contribution in [2.75, 3.05) is 31.1 Å². The first kappa shape index (κ1) is 12.8. The number of nitrogens with zero attached hydrogens (tertiary/aromatic N) is 5. The van der Waals surface area contributed by atoms with Gasteiger partial charge in [0, 0.05) is 44.3 Å². The summed E-state index contributed by atoms with van der Waals surface area (Å²) in [5.41, 5.74) is 0.965. The molecule has 1 fully saturated rings. The Kier molecular flexibility index (Phi) is 3.91. The Hall–Kier alpha value is -1.24. The number of thiazole rings is 1. The molecule has 0 atom stereocenters. The van der Waals surface area contributed by atoms with Crippen LogP contribution in [0.15, 0.2) is 23.7 Å². The van der Waals surface area contributed by atoms with E-state index >= 15 is 0 Å². The predicted octanol–water partition coefficient (Wildman–Crippen LogP) is 1.91. The minimum atomic E-state index is 0.442. The Morgan fingerprint density at radius 2 is 2.00 bits per heavy atom. The highest BCUT2D eigenvalue weighted by Gasteiger charge is 2.18. The van der Waals surface area contributed by atoms with Crippen molar-refractivity contribution >= 4 is 28.1 Å². The average Bonchev–Trinajstić information content (AvgIpc) is 2.96. The molecule has 0 aliphatic carbocycles. The molecule has 0 unspecified atom stereocenters. The van der Waals surface area contributed by atoms with E-state index in [0.717, 1.165) is 43.5 Å². The molecule has 0 amide bonds. The molecule has 0 aromatic carbocycles. The van der Waals surface area contributed by atoms with Crippen molar-refractivity contribution in [2.45, 2.75) is 6.54 Å². The van der Waals surface area contributed by atoms with Gasteiger partial charge in [0.05, 0.1) is 5.69 Å². The Morgan fingerprint density at radius 1 is 1.16 bits per heavy atom. The minimum Gasteiger partial charge on any atom is -0.346 e. The molecule has 100 valence electrons. The molecule has 0 radical (unpaired) electrons. The van der Waals surface area contributed by atoms with Crippen LogP contribution in [0.1, 0.15) is 5.69 Å². The van der Waals surface area contributed by atoms with E-state index in [0.29, 0.717) is 5.15 Å². The van der Waals surface area contributed by atoms with Crippen LogP contribution >= 0.6 is 22.9 Å². The normalized spacial score (nSPS) is 16.8. The van der Waals surface area contributed by atoms with Crippen molar-refractivity contribution in [1.29, 1.82) is 0 Å².